The lowest BCUT2D eigenvalue weighted by Crippen LogP contribution is -2.38. The van der Waals surface area contributed by atoms with Gasteiger partial charge in [0, 0.05) is 17.9 Å². The van der Waals surface area contributed by atoms with Crippen molar-refractivity contribution >= 4 is 35.7 Å². The van der Waals surface area contributed by atoms with Gasteiger partial charge in [0.15, 0.2) is 0 Å². The average molecular weight is 388 g/mol. The van der Waals surface area contributed by atoms with E-state index in [9.17, 15) is 9.90 Å². The molecule has 1 fully saturated rings. The lowest BCUT2D eigenvalue weighted by Gasteiger charge is -2.28. The maximum Gasteiger partial charge on any atom is 0.305 e. The van der Waals surface area contributed by atoms with Gasteiger partial charge >= 0.3 is 5.97 Å². The van der Waals surface area contributed by atoms with Crippen LogP contribution in [-0.4, -0.2) is 29.6 Å². The van der Waals surface area contributed by atoms with Crippen LogP contribution in [0.2, 0.25) is 0 Å². The van der Waals surface area contributed by atoms with E-state index in [0.29, 0.717) is 12.5 Å². The van der Waals surface area contributed by atoms with Crippen LogP contribution in [0, 0.1) is 33.1 Å². The number of halogens is 1. The fourth-order valence-electron chi connectivity index (χ4n) is 3.94. The van der Waals surface area contributed by atoms with Gasteiger partial charge in [-0.3, -0.25) is 10.2 Å². The predicted molar refractivity (Wildman–Crippen MR) is 113 cm³/mol. The molecular weight excluding hydrogens is 362 g/mol. The van der Waals surface area contributed by atoms with Gasteiger partial charge in [-0.2, -0.15) is 0 Å². The van der Waals surface area contributed by atoms with Crippen molar-refractivity contribution in [3.8, 4) is 0 Å². The molecule has 1 aliphatic rings. The predicted octanol–water partition coefficient (Wildman–Crippen LogP) is 4.45. The Morgan fingerprint density at radius 3 is 1.89 bits per heavy atom. The van der Waals surface area contributed by atoms with Gasteiger partial charge in [-0.05, 0) is 49.9 Å². The molecule has 2 aromatic rings. The van der Waals surface area contributed by atoms with Crippen molar-refractivity contribution in [2.75, 3.05) is 16.3 Å². The van der Waals surface area contributed by atoms with Crippen LogP contribution < -0.4 is 9.80 Å². The first-order valence-corrected chi connectivity index (χ1v) is 8.80. The highest BCUT2D eigenvalue weighted by Crippen LogP contribution is 2.36. The summed E-state index contributed by atoms with van der Waals surface area (Å²) in [5.74, 6) is -0.506. The summed E-state index contributed by atoms with van der Waals surface area (Å²) < 4.78 is 0. The minimum absolute atomic E-state index is 0. The number of guanidine groups is 1. The molecule has 0 bridgehead atoms. The first kappa shape index (κ1) is 20.8. The van der Waals surface area contributed by atoms with Crippen molar-refractivity contribution < 1.29 is 9.90 Å². The Labute approximate surface area is 166 Å². The van der Waals surface area contributed by atoms with Crippen molar-refractivity contribution in [1.82, 2.24) is 0 Å². The van der Waals surface area contributed by atoms with Gasteiger partial charge in [0.1, 0.15) is 0 Å². The van der Waals surface area contributed by atoms with Gasteiger partial charge in [-0.25, -0.2) is 0 Å². The van der Waals surface area contributed by atoms with Crippen LogP contribution in [0.5, 0.6) is 0 Å². The van der Waals surface area contributed by atoms with E-state index < -0.39 is 5.97 Å². The normalized spacial score (nSPS) is 16.4. The zero-order valence-corrected chi connectivity index (χ0v) is 16.9. The second kappa shape index (κ2) is 8.01. The van der Waals surface area contributed by atoms with Crippen molar-refractivity contribution in [3.63, 3.8) is 0 Å². The van der Waals surface area contributed by atoms with Crippen molar-refractivity contribution in [1.29, 1.82) is 5.41 Å². The molecule has 5 nitrogen and oxygen atoms in total. The maximum absolute atomic E-state index is 11.5. The molecule has 6 heteroatoms. The summed E-state index contributed by atoms with van der Waals surface area (Å²) >= 11 is 0. The molecule has 144 valence electrons. The fourth-order valence-corrected chi connectivity index (χ4v) is 3.94. The number of nitrogens with one attached hydrogen (secondary N) is 1. The van der Waals surface area contributed by atoms with Gasteiger partial charge < -0.3 is 14.9 Å². The number of anilines is 2. The zero-order chi connectivity index (χ0) is 19.0. The smallest absolute Gasteiger partial charge is 0.305 e. The number of hydrogen-bond donors (Lipinski definition) is 2. The summed E-state index contributed by atoms with van der Waals surface area (Å²) in [5, 5.41) is 18.3. The number of carboxylic acid groups (broad SMARTS) is 1. The van der Waals surface area contributed by atoms with Gasteiger partial charge in [0.25, 0.3) is 0 Å². The fraction of sp³-hybridized carbons (Fsp3) is 0.333. The minimum atomic E-state index is -0.845. The molecule has 3 rings (SSSR count). The van der Waals surface area contributed by atoms with Gasteiger partial charge in [0.05, 0.1) is 12.5 Å². The Morgan fingerprint density at radius 2 is 1.44 bits per heavy atom. The van der Waals surface area contributed by atoms with E-state index in [4.69, 9.17) is 5.41 Å². The summed E-state index contributed by atoms with van der Waals surface area (Å²) in [5.41, 5.74) is 6.22. The molecule has 2 N–H and O–H groups in total. The van der Waals surface area contributed by atoms with E-state index in [-0.39, 0.29) is 24.9 Å². The number of para-hydroxylation sites is 2. The molecule has 1 saturated heterocycles. The molecule has 2 aromatic carbocycles. The summed E-state index contributed by atoms with van der Waals surface area (Å²) in [4.78, 5) is 15.3. The molecule has 1 atom stereocenters. The highest BCUT2D eigenvalue weighted by atomic mass is 35.5. The second-order valence-electron chi connectivity index (χ2n) is 7.04. The molecule has 0 aliphatic carbocycles. The molecule has 0 amide bonds. The number of carboxylic acids is 1. The lowest BCUT2D eigenvalue weighted by atomic mass is 10.1. The quantitative estimate of drug-likeness (QED) is 0.813. The number of aliphatic carboxylic acids is 1. The number of hydrogen-bond acceptors (Lipinski definition) is 2. The largest absolute Gasteiger partial charge is 0.481 e. The van der Waals surface area contributed by atoms with Crippen LogP contribution in [-0.2, 0) is 4.79 Å². The Hall–Kier alpha value is -2.53. The third kappa shape index (κ3) is 3.78. The third-order valence-corrected chi connectivity index (χ3v) is 5.04. The highest BCUT2D eigenvalue weighted by Gasteiger charge is 2.39. The second-order valence-corrected chi connectivity index (χ2v) is 7.04. The topological polar surface area (TPSA) is 67.6 Å². The SMILES string of the molecule is Cc1cccc(C)c1N1CC(CC(=O)O)N(c2c(C)cccc2C)C1=N.Cl. The molecular formula is C21H26ClN3O2. The van der Waals surface area contributed by atoms with E-state index in [1.165, 1.54) is 0 Å². The van der Waals surface area contributed by atoms with Crippen LogP contribution in [0.4, 0.5) is 11.4 Å². The highest BCUT2D eigenvalue weighted by molar-refractivity contribution is 6.10. The number of aryl methyl sites for hydroxylation is 4. The molecule has 27 heavy (non-hydrogen) atoms. The van der Waals surface area contributed by atoms with E-state index in [2.05, 4.69) is 0 Å². The standard InChI is InChI=1S/C21H25N3O2.ClH/c1-13-7-5-8-14(2)19(13)23-12-17(11-18(25)26)24(21(23)22)20-15(3)9-6-10-16(20)4;/h5-10,17,22H,11-12H2,1-4H3,(H,25,26);1H. The summed E-state index contributed by atoms with van der Waals surface area (Å²) in [6.07, 6.45) is -0.00240. The monoisotopic (exact) mass is 387 g/mol. The van der Waals surface area contributed by atoms with E-state index >= 15 is 0 Å². The van der Waals surface area contributed by atoms with E-state index in [0.717, 1.165) is 33.6 Å². The Morgan fingerprint density at radius 1 is 1.00 bits per heavy atom. The van der Waals surface area contributed by atoms with Crippen molar-refractivity contribution in [2.24, 2.45) is 0 Å². The molecule has 0 aromatic heterocycles. The van der Waals surface area contributed by atoms with E-state index in [1.807, 2.05) is 73.9 Å². The van der Waals surface area contributed by atoms with Crippen LogP contribution in [0.15, 0.2) is 36.4 Å². The minimum Gasteiger partial charge on any atom is -0.481 e. The Bertz CT molecular complexity index is 841. The lowest BCUT2D eigenvalue weighted by molar-refractivity contribution is -0.137. The molecule has 1 aliphatic heterocycles. The first-order chi connectivity index (χ1) is 12.3. The van der Waals surface area contributed by atoms with Crippen LogP contribution >= 0.6 is 12.4 Å². The number of nitrogens with zero attached hydrogens (tertiary/aromatic N) is 2. The average Bonchev–Trinajstić information content (AvgIpc) is 2.84. The third-order valence-electron chi connectivity index (χ3n) is 5.04. The molecule has 0 radical (unpaired) electrons. The summed E-state index contributed by atoms with van der Waals surface area (Å²) in [6, 6.07) is 11.8. The Kier molecular flexibility index (Phi) is 6.16. The maximum atomic E-state index is 11.5. The molecule has 1 unspecified atom stereocenters. The van der Waals surface area contributed by atoms with Gasteiger partial charge in [0.2, 0.25) is 5.96 Å². The van der Waals surface area contributed by atoms with Gasteiger partial charge in [-0.1, -0.05) is 36.4 Å². The summed E-state index contributed by atoms with van der Waals surface area (Å²) in [6.45, 7) is 8.57. The first-order valence-electron chi connectivity index (χ1n) is 8.80. The van der Waals surface area contributed by atoms with Crippen molar-refractivity contribution in [2.45, 2.75) is 40.2 Å². The number of carbonyl (C=O) groups is 1. The van der Waals surface area contributed by atoms with Crippen molar-refractivity contribution in [3.05, 3.63) is 58.7 Å². The molecule has 1 heterocycles. The zero-order valence-electron chi connectivity index (χ0n) is 16.1. The van der Waals surface area contributed by atoms with Gasteiger partial charge in [-0.15, -0.1) is 12.4 Å². The Balaban J connectivity index is 0.00000261. The number of rotatable bonds is 4. The van der Waals surface area contributed by atoms with E-state index in [1.54, 1.807) is 0 Å². The van der Waals surface area contributed by atoms with Crippen LogP contribution in [0.25, 0.3) is 0 Å². The molecule has 0 spiro atoms. The van der Waals surface area contributed by atoms with Crippen LogP contribution in [0.1, 0.15) is 28.7 Å². The van der Waals surface area contributed by atoms with Crippen LogP contribution in [0.3, 0.4) is 0 Å². The molecule has 0 saturated carbocycles. The number of benzene rings is 2. The summed E-state index contributed by atoms with van der Waals surface area (Å²) in [7, 11) is 0.